The monoisotopic (exact) mass is 452 g/mol. The first-order chi connectivity index (χ1) is 15.8. The summed E-state index contributed by atoms with van der Waals surface area (Å²) in [4.78, 5) is 32.0. The molecule has 33 heavy (non-hydrogen) atoms. The summed E-state index contributed by atoms with van der Waals surface area (Å²) in [7, 11) is 1.96. The van der Waals surface area contributed by atoms with Crippen LogP contribution in [-0.2, 0) is 11.3 Å². The molecule has 1 aliphatic rings. The highest BCUT2D eigenvalue weighted by Gasteiger charge is 2.25. The number of aromatic amines is 1. The lowest BCUT2D eigenvalue weighted by Gasteiger charge is -2.31. The predicted molar refractivity (Wildman–Crippen MR) is 125 cm³/mol. The highest BCUT2D eigenvalue weighted by molar-refractivity contribution is 6.42. The van der Waals surface area contributed by atoms with Gasteiger partial charge in [0.15, 0.2) is 0 Å². The SMILES string of the molecule is Cc1[nH]cc(C(=O)C(=O)N2CCN(C)CC2)cc(F)ccc1/C=N/N(N)Cc1ccccc1. The first kappa shape index (κ1) is 24.1. The third-order valence-corrected chi connectivity index (χ3v) is 5.37. The number of rotatable bonds is 6. The van der Waals surface area contributed by atoms with Gasteiger partial charge in [-0.15, -0.1) is 0 Å². The van der Waals surface area contributed by atoms with Crippen LogP contribution in [0.2, 0.25) is 0 Å². The highest BCUT2D eigenvalue weighted by Crippen LogP contribution is 2.09. The van der Waals surface area contributed by atoms with Gasteiger partial charge in [0, 0.05) is 49.2 Å². The molecule has 1 amide bonds. The number of halogens is 1. The number of carbonyl (C=O) groups is 2. The number of Topliss-reactive ketones (excluding diaryl/α,β-unsaturated/α-hetero) is 1. The molecule has 0 radical (unpaired) electrons. The molecule has 3 N–H and O–H groups in total. The number of hydrazone groups is 1. The maximum atomic E-state index is 14.5. The van der Waals surface area contributed by atoms with Crippen LogP contribution in [0.15, 0.2) is 59.8 Å². The van der Waals surface area contributed by atoms with Crippen molar-refractivity contribution in [1.82, 2.24) is 19.9 Å². The molecule has 0 saturated carbocycles. The number of nitrogens with zero attached hydrogens (tertiary/aromatic N) is 4. The smallest absolute Gasteiger partial charge is 0.295 e. The van der Waals surface area contributed by atoms with E-state index in [1.54, 1.807) is 6.92 Å². The molecule has 8 nitrogen and oxygen atoms in total. The van der Waals surface area contributed by atoms with Crippen LogP contribution in [0.3, 0.4) is 0 Å². The van der Waals surface area contributed by atoms with E-state index in [0.29, 0.717) is 44.0 Å². The fraction of sp³-hybridized carbons (Fsp3) is 0.292. The Bertz CT molecular complexity index is 1060. The molecule has 2 aromatic rings. The van der Waals surface area contributed by atoms with Crippen molar-refractivity contribution in [3.8, 4) is 0 Å². The number of nitrogens with two attached hydrogens (primary N) is 1. The molecular weight excluding hydrogens is 423 g/mol. The van der Waals surface area contributed by atoms with E-state index in [0.717, 1.165) is 11.6 Å². The normalized spacial score (nSPS) is 14.2. The zero-order chi connectivity index (χ0) is 23.8. The number of ketones is 1. The van der Waals surface area contributed by atoms with Crippen LogP contribution in [0.1, 0.15) is 27.2 Å². The van der Waals surface area contributed by atoms with E-state index >= 15 is 0 Å². The Hall–Kier alpha value is -3.56. The van der Waals surface area contributed by atoms with Gasteiger partial charge in [-0.1, -0.05) is 30.3 Å². The van der Waals surface area contributed by atoms with Crippen molar-refractivity contribution >= 4 is 17.9 Å². The summed E-state index contributed by atoms with van der Waals surface area (Å²) in [6.45, 7) is 4.47. The zero-order valence-electron chi connectivity index (χ0n) is 18.9. The second-order valence-electron chi connectivity index (χ2n) is 7.94. The van der Waals surface area contributed by atoms with Gasteiger partial charge >= 0.3 is 0 Å². The van der Waals surface area contributed by atoms with Crippen molar-refractivity contribution in [3.63, 3.8) is 0 Å². The van der Waals surface area contributed by atoms with Crippen LogP contribution >= 0.6 is 0 Å². The largest absolute Gasteiger partial charge is 0.364 e. The van der Waals surface area contributed by atoms with E-state index in [2.05, 4.69) is 15.0 Å². The lowest BCUT2D eigenvalue weighted by atomic mass is 10.1. The maximum absolute atomic E-state index is 14.5. The standard InChI is InChI=1S/C24H29FN6O2/c1-18-20(16-28-31(26)17-19-6-4-3-5-7-19)8-9-22(25)14-21(15-27-18)23(32)24(33)30-12-10-29(2)11-13-30/h3-9,14-16,27H,10-13,17,26H2,1-2H3/b9-8?,20-18?,21-15?,22-14?,28-16+. The molecule has 1 aromatic carbocycles. The van der Waals surface area contributed by atoms with Crippen molar-refractivity contribution in [3.05, 3.63) is 82.9 Å². The highest BCUT2D eigenvalue weighted by atomic mass is 19.1. The minimum Gasteiger partial charge on any atom is -0.364 e. The van der Waals surface area contributed by atoms with Gasteiger partial charge < -0.3 is 14.8 Å². The van der Waals surface area contributed by atoms with Gasteiger partial charge in [-0.2, -0.15) is 5.10 Å². The summed E-state index contributed by atoms with van der Waals surface area (Å²) in [5.41, 5.74) is 2.13. The molecule has 0 bridgehead atoms. The second-order valence-corrected chi connectivity index (χ2v) is 7.94. The number of benzene rings is 1. The molecule has 1 aliphatic heterocycles. The second kappa shape index (κ2) is 11.3. The molecule has 1 saturated heterocycles. The Morgan fingerprint density at radius 3 is 2.55 bits per heavy atom. The molecule has 2 heterocycles. The predicted octanol–water partition coefficient (Wildman–Crippen LogP) is 2.25. The molecule has 0 spiro atoms. The number of H-pyrrole nitrogens is 1. The maximum Gasteiger partial charge on any atom is 0.295 e. The summed E-state index contributed by atoms with van der Waals surface area (Å²) in [5, 5.41) is 5.49. The number of hydrazine groups is 1. The Morgan fingerprint density at radius 1 is 1.15 bits per heavy atom. The number of carbonyl (C=O) groups excluding carboxylic acids is 2. The first-order valence-electron chi connectivity index (χ1n) is 10.7. The molecule has 0 unspecified atom stereocenters. The van der Waals surface area contributed by atoms with Gasteiger partial charge in [-0.05, 0) is 37.7 Å². The topological polar surface area (TPSA) is 98.0 Å². The number of hydrogen-bond donors (Lipinski definition) is 2. The number of aromatic nitrogens is 1. The number of hydrogen-bond acceptors (Lipinski definition) is 6. The number of piperazine rings is 1. The van der Waals surface area contributed by atoms with Gasteiger partial charge in [0.05, 0.1) is 12.8 Å². The Balaban J connectivity index is 1.80. The Morgan fingerprint density at radius 2 is 1.85 bits per heavy atom. The summed E-state index contributed by atoms with van der Waals surface area (Å²) < 4.78 is 14.5. The van der Waals surface area contributed by atoms with Crippen LogP contribution in [0.4, 0.5) is 4.39 Å². The van der Waals surface area contributed by atoms with Gasteiger partial charge in [0.25, 0.3) is 11.7 Å². The number of likely N-dealkylation sites (N-methyl/N-ethyl adjacent to an activating group) is 1. The Labute approximate surface area is 192 Å². The minimum absolute atomic E-state index is 0.0526. The summed E-state index contributed by atoms with van der Waals surface area (Å²) in [6.07, 6.45) is 2.85. The van der Waals surface area contributed by atoms with E-state index in [-0.39, 0.29) is 5.56 Å². The van der Waals surface area contributed by atoms with Gasteiger partial charge in [-0.3, -0.25) is 9.59 Å². The molecule has 9 heteroatoms. The average molecular weight is 453 g/mol. The fourth-order valence-corrected chi connectivity index (χ4v) is 3.30. The lowest BCUT2D eigenvalue weighted by molar-refractivity contribution is -0.127. The van der Waals surface area contributed by atoms with Crippen LogP contribution < -0.4 is 5.84 Å². The molecular formula is C24H29FN6O2. The number of nitrogens with one attached hydrogen (secondary N) is 1. The Kier molecular flexibility index (Phi) is 8.28. The summed E-state index contributed by atoms with van der Waals surface area (Å²) in [5.74, 6) is 3.91. The molecule has 174 valence electrons. The van der Waals surface area contributed by atoms with Crippen molar-refractivity contribution in [1.29, 1.82) is 0 Å². The van der Waals surface area contributed by atoms with Gasteiger partial charge in [0.2, 0.25) is 0 Å². The first-order valence-corrected chi connectivity index (χ1v) is 10.7. The third-order valence-electron chi connectivity index (χ3n) is 5.37. The van der Waals surface area contributed by atoms with E-state index in [9.17, 15) is 14.0 Å². The van der Waals surface area contributed by atoms with Gasteiger partial charge in [-0.25, -0.2) is 15.4 Å². The third kappa shape index (κ3) is 6.96. The quantitative estimate of drug-likeness (QED) is 0.230. The number of aryl methyl sites for hydroxylation is 1. The van der Waals surface area contributed by atoms with Crippen molar-refractivity contribution in [2.24, 2.45) is 10.9 Å². The van der Waals surface area contributed by atoms with Crippen molar-refractivity contribution in [2.75, 3.05) is 33.2 Å². The summed E-state index contributed by atoms with van der Waals surface area (Å²) in [6, 6.07) is 13.4. The van der Waals surface area contributed by atoms with E-state index < -0.39 is 17.5 Å². The van der Waals surface area contributed by atoms with Crippen molar-refractivity contribution < 1.29 is 14.0 Å². The minimum atomic E-state index is -0.753. The molecule has 0 aliphatic carbocycles. The number of amides is 1. The zero-order valence-corrected chi connectivity index (χ0v) is 18.9. The van der Waals surface area contributed by atoms with Crippen LogP contribution in [-0.4, -0.2) is 71.0 Å². The van der Waals surface area contributed by atoms with E-state index in [1.165, 1.54) is 34.6 Å². The summed E-state index contributed by atoms with van der Waals surface area (Å²) >= 11 is 0. The molecule has 0 atom stereocenters. The lowest BCUT2D eigenvalue weighted by Crippen LogP contribution is -2.49. The van der Waals surface area contributed by atoms with E-state index in [4.69, 9.17) is 5.84 Å². The molecule has 3 rings (SSSR count). The van der Waals surface area contributed by atoms with Crippen LogP contribution in [0.5, 0.6) is 0 Å². The van der Waals surface area contributed by atoms with Crippen molar-refractivity contribution in [2.45, 2.75) is 13.5 Å². The molecule has 1 fully saturated rings. The van der Waals surface area contributed by atoms with E-state index in [1.807, 2.05) is 37.4 Å². The average Bonchev–Trinajstić information content (AvgIpc) is 2.87. The van der Waals surface area contributed by atoms with Crippen LogP contribution in [0, 0.1) is 12.7 Å². The molecule has 1 aromatic heterocycles. The fourth-order valence-electron chi connectivity index (χ4n) is 3.30. The van der Waals surface area contributed by atoms with Gasteiger partial charge in [0.1, 0.15) is 5.82 Å². The van der Waals surface area contributed by atoms with Crippen LogP contribution in [0.25, 0.3) is 0 Å².